The average molecular weight is 268 g/mol. The summed E-state index contributed by atoms with van der Waals surface area (Å²) in [6, 6.07) is 7.83. The van der Waals surface area contributed by atoms with Gasteiger partial charge in [0.15, 0.2) is 0 Å². The first-order chi connectivity index (χ1) is 8.63. The van der Waals surface area contributed by atoms with E-state index in [1.807, 2.05) is 24.3 Å². The molecule has 1 aromatic rings. The Bertz CT molecular complexity index is 379. The molecule has 0 radical (unpaired) electrons. The Balaban J connectivity index is 1.96. The lowest BCUT2D eigenvalue weighted by Crippen LogP contribution is -2.44. The van der Waals surface area contributed by atoms with Crippen LogP contribution in [0.1, 0.15) is 38.2 Å². The second-order valence-corrected chi connectivity index (χ2v) is 5.94. The zero-order valence-corrected chi connectivity index (χ0v) is 11.7. The monoisotopic (exact) mass is 267 g/mol. The molecule has 1 aromatic carbocycles. The molecule has 100 valence electrons. The summed E-state index contributed by atoms with van der Waals surface area (Å²) in [7, 11) is 0. The van der Waals surface area contributed by atoms with Gasteiger partial charge in [0.2, 0.25) is 0 Å². The highest BCUT2D eigenvalue weighted by molar-refractivity contribution is 6.30. The van der Waals surface area contributed by atoms with Gasteiger partial charge < -0.3 is 10.5 Å². The summed E-state index contributed by atoms with van der Waals surface area (Å²) in [5.41, 5.74) is 6.99. The Labute approximate surface area is 114 Å². The Morgan fingerprint density at radius 3 is 2.72 bits per heavy atom. The topological polar surface area (TPSA) is 35.2 Å². The largest absolute Gasteiger partial charge is 0.369 e. The summed E-state index contributed by atoms with van der Waals surface area (Å²) in [4.78, 5) is 0. The van der Waals surface area contributed by atoms with Crippen LogP contribution >= 0.6 is 11.6 Å². The molecule has 2 atom stereocenters. The van der Waals surface area contributed by atoms with Crippen LogP contribution in [-0.4, -0.2) is 12.1 Å². The molecule has 3 heteroatoms. The number of ether oxygens (including phenoxy) is 1. The smallest absolute Gasteiger partial charge is 0.0811 e. The predicted molar refractivity (Wildman–Crippen MR) is 75.7 cm³/mol. The number of hydrogen-bond donors (Lipinski definition) is 1. The van der Waals surface area contributed by atoms with Gasteiger partial charge in [-0.15, -0.1) is 0 Å². The van der Waals surface area contributed by atoms with Crippen LogP contribution in [0.5, 0.6) is 0 Å². The number of hydrogen-bond acceptors (Lipinski definition) is 2. The van der Waals surface area contributed by atoms with Crippen molar-refractivity contribution in [1.82, 2.24) is 0 Å². The molecule has 0 bridgehead atoms. The van der Waals surface area contributed by atoms with E-state index < -0.39 is 0 Å². The number of benzene rings is 1. The number of rotatable bonds is 4. The molecule has 2 unspecified atom stereocenters. The summed E-state index contributed by atoms with van der Waals surface area (Å²) >= 11 is 5.87. The van der Waals surface area contributed by atoms with Gasteiger partial charge in [0.05, 0.1) is 12.2 Å². The van der Waals surface area contributed by atoms with Gasteiger partial charge >= 0.3 is 0 Å². The summed E-state index contributed by atoms with van der Waals surface area (Å²) in [5.74, 6) is 0.715. The summed E-state index contributed by atoms with van der Waals surface area (Å²) in [6.45, 7) is 3.53. The van der Waals surface area contributed by atoms with E-state index in [4.69, 9.17) is 22.1 Å². The van der Waals surface area contributed by atoms with Crippen LogP contribution in [0.25, 0.3) is 0 Å². The van der Waals surface area contributed by atoms with Gasteiger partial charge in [0.25, 0.3) is 0 Å². The Hall–Kier alpha value is -0.570. The molecule has 2 nitrogen and oxygen atoms in total. The first-order valence-corrected chi connectivity index (χ1v) is 7.10. The van der Waals surface area contributed by atoms with E-state index in [0.29, 0.717) is 19.1 Å². The van der Waals surface area contributed by atoms with Crippen LogP contribution in [0, 0.1) is 5.92 Å². The van der Waals surface area contributed by atoms with E-state index >= 15 is 0 Å². The summed E-state index contributed by atoms with van der Waals surface area (Å²) < 4.78 is 6.15. The molecule has 1 aliphatic carbocycles. The molecule has 2 N–H and O–H groups in total. The van der Waals surface area contributed by atoms with Gasteiger partial charge in [-0.1, -0.05) is 43.5 Å². The fourth-order valence-corrected chi connectivity index (χ4v) is 2.93. The second-order valence-electron chi connectivity index (χ2n) is 5.50. The first-order valence-electron chi connectivity index (χ1n) is 6.72. The van der Waals surface area contributed by atoms with Gasteiger partial charge in [0.1, 0.15) is 0 Å². The minimum atomic E-state index is -0.114. The van der Waals surface area contributed by atoms with Gasteiger partial charge in [-0.05, 0) is 36.5 Å². The molecular formula is C15H22ClNO. The zero-order chi connectivity index (χ0) is 13.0. The Morgan fingerprint density at radius 2 is 2.11 bits per heavy atom. The summed E-state index contributed by atoms with van der Waals surface area (Å²) in [5, 5.41) is 0.763. The highest BCUT2D eigenvalue weighted by Crippen LogP contribution is 2.35. The van der Waals surface area contributed by atoms with Gasteiger partial charge in [0, 0.05) is 11.6 Å². The molecule has 1 fully saturated rings. The van der Waals surface area contributed by atoms with E-state index in [9.17, 15) is 0 Å². The van der Waals surface area contributed by atoms with Crippen LogP contribution in [-0.2, 0) is 11.3 Å². The van der Waals surface area contributed by atoms with Gasteiger partial charge in [-0.25, -0.2) is 0 Å². The van der Waals surface area contributed by atoms with E-state index in [-0.39, 0.29) is 5.60 Å². The minimum absolute atomic E-state index is 0.114. The molecular weight excluding hydrogens is 246 g/mol. The third kappa shape index (κ3) is 3.47. The van der Waals surface area contributed by atoms with Gasteiger partial charge in [-0.2, -0.15) is 0 Å². The van der Waals surface area contributed by atoms with Crippen LogP contribution in [0.4, 0.5) is 0 Å². The molecule has 0 heterocycles. The molecule has 0 aromatic heterocycles. The summed E-state index contributed by atoms with van der Waals surface area (Å²) in [6.07, 6.45) is 4.68. The fourth-order valence-electron chi connectivity index (χ4n) is 2.80. The van der Waals surface area contributed by atoms with Gasteiger partial charge in [-0.3, -0.25) is 0 Å². The first kappa shape index (κ1) is 13.9. The molecule has 1 aliphatic rings. The quantitative estimate of drug-likeness (QED) is 0.901. The molecule has 0 spiro atoms. The van der Waals surface area contributed by atoms with E-state index in [1.54, 1.807) is 0 Å². The fraction of sp³-hybridized carbons (Fsp3) is 0.600. The van der Waals surface area contributed by atoms with Crippen LogP contribution in [0.2, 0.25) is 5.02 Å². The lowest BCUT2D eigenvalue weighted by Gasteiger charge is -2.39. The number of nitrogens with two attached hydrogens (primary N) is 1. The minimum Gasteiger partial charge on any atom is -0.369 e. The third-order valence-electron chi connectivity index (χ3n) is 3.88. The zero-order valence-electron chi connectivity index (χ0n) is 11.0. The molecule has 0 saturated heterocycles. The van der Waals surface area contributed by atoms with Crippen molar-refractivity contribution in [2.75, 3.05) is 6.54 Å². The lowest BCUT2D eigenvalue weighted by atomic mass is 9.79. The highest BCUT2D eigenvalue weighted by atomic mass is 35.5. The molecule has 18 heavy (non-hydrogen) atoms. The van der Waals surface area contributed by atoms with Crippen molar-refractivity contribution in [1.29, 1.82) is 0 Å². The maximum atomic E-state index is 6.15. The average Bonchev–Trinajstić information content (AvgIpc) is 2.38. The van der Waals surface area contributed by atoms with Crippen molar-refractivity contribution in [3.8, 4) is 0 Å². The molecule has 0 amide bonds. The third-order valence-corrected chi connectivity index (χ3v) is 4.13. The number of halogens is 1. The van der Waals surface area contributed by atoms with E-state index in [0.717, 1.165) is 23.4 Å². The van der Waals surface area contributed by atoms with Crippen LogP contribution in [0.3, 0.4) is 0 Å². The maximum Gasteiger partial charge on any atom is 0.0811 e. The van der Waals surface area contributed by atoms with Crippen LogP contribution in [0.15, 0.2) is 24.3 Å². The Morgan fingerprint density at radius 1 is 1.39 bits per heavy atom. The molecule has 1 saturated carbocycles. The Kier molecular flexibility index (Phi) is 4.66. The van der Waals surface area contributed by atoms with Crippen molar-refractivity contribution >= 4 is 11.6 Å². The SMILES string of the molecule is CC1CCCC(CN)(OCc2ccc(Cl)cc2)C1. The lowest BCUT2D eigenvalue weighted by molar-refractivity contribution is -0.0840. The second kappa shape index (κ2) is 6.05. The standard InChI is InChI=1S/C15H22ClNO/c1-12-3-2-8-15(9-12,11-17)18-10-13-4-6-14(16)7-5-13/h4-7,12H,2-3,8-11,17H2,1H3. The maximum absolute atomic E-state index is 6.15. The van der Waals surface area contributed by atoms with Crippen molar-refractivity contribution in [3.05, 3.63) is 34.9 Å². The van der Waals surface area contributed by atoms with Crippen molar-refractivity contribution in [3.63, 3.8) is 0 Å². The predicted octanol–water partition coefficient (Wildman–Crippen LogP) is 3.76. The van der Waals surface area contributed by atoms with Crippen LogP contribution < -0.4 is 5.73 Å². The molecule has 2 rings (SSSR count). The van der Waals surface area contributed by atoms with Crippen molar-refractivity contribution < 1.29 is 4.74 Å². The normalized spacial score (nSPS) is 28.3. The van der Waals surface area contributed by atoms with E-state index in [1.165, 1.54) is 12.8 Å². The van der Waals surface area contributed by atoms with E-state index in [2.05, 4.69) is 6.92 Å². The highest BCUT2D eigenvalue weighted by Gasteiger charge is 2.34. The molecule has 0 aliphatic heterocycles. The van der Waals surface area contributed by atoms with Crippen molar-refractivity contribution in [2.45, 2.75) is 44.8 Å². The van der Waals surface area contributed by atoms with Crippen molar-refractivity contribution in [2.24, 2.45) is 11.7 Å².